The summed E-state index contributed by atoms with van der Waals surface area (Å²) in [5.41, 5.74) is 2.28. The predicted octanol–water partition coefficient (Wildman–Crippen LogP) is 1.06. The Hall–Kier alpha value is -2.04. The van der Waals surface area contributed by atoms with Gasteiger partial charge in [-0.2, -0.15) is 0 Å². The maximum Gasteiger partial charge on any atom is 0.242 e. The smallest absolute Gasteiger partial charge is 0.242 e. The van der Waals surface area contributed by atoms with E-state index in [1.54, 1.807) is 0 Å². The number of aryl methyl sites for hydroxylation is 1. The first-order valence-electron chi connectivity index (χ1n) is 7.09. The van der Waals surface area contributed by atoms with Gasteiger partial charge >= 0.3 is 0 Å². The van der Waals surface area contributed by atoms with Gasteiger partial charge in [0.25, 0.3) is 0 Å². The number of hydrogen-bond acceptors (Lipinski definition) is 3. The van der Waals surface area contributed by atoms with Crippen LogP contribution in [0.4, 0.5) is 5.69 Å². The zero-order valence-electron chi connectivity index (χ0n) is 11.7. The Kier molecular flexibility index (Phi) is 4.98. The molecular weight excluding hydrogens is 254 g/mol. The largest absolute Gasteiger partial charge is 0.373 e. The zero-order valence-corrected chi connectivity index (χ0v) is 11.7. The highest BCUT2D eigenvalue weighted by Crippen LogP contribution is 2.24. The van der Waals surface area contributed by atoms with E-state index in [0.717, 1.165) is 18.5 Å². The molecule has 1 aliphatic heterocycles. The number of amides is 2. The first kappa shape index (κ1) is 14.4. The molecule has 0 radical (unpaired) electrons. The highest BCUT2D eigenvalue weighted by Gasteiger charge is 2.23. The predicted molar refractivity (Wildman–Crippen MR) is 78.5 cm³/mol. The van der Waals surface area contributed by atoms with E-state index >= 15 is 0 Å². The van der Waals surface area contributed by atoms with Gasteiger partial charge in [0.2, 0.25) is 11.8 Å². The number of carbonyl (C=O) groups excluding carboxylic acids is 2. The maximum absolute atomic E-state index is 12.0. The minimum absolute atomic E-state index is 0.0326. The van der Waals surface area contributed by atoms with Crippen LogP contribution in [0.15, 0.2) is 24.3 Å². The molecule has 0 aliphatic carbocycles. The highest BCUT2D eigenvalue weighted by molar-refractivity contribution is 5.86. The monoisotopic (exact) mass is 275 g/mol. The van der Waals surface area contributed by atoms with Crippen molar-refractivity contribution >= 4 is 17.5 Å². The van der Waals surface area contributed by atoms with Gasteiger partial charge < -0.3 is 16.0 Å². The summed E-state index contributed by atoms with van der Waals surface area (Å²) in [7, 11) is 0. The second kappa shape index (κ2) is 6.93. The maximum atomic E-state index is 12.0. The van der Waals surface area contributed by atoms with Crippen molar-refractivity contribution < 1.29 is 9.59 Å². The number of benzene rings is 1. The van der Waals surface area contributed by atoms with Crippen molar-refractivity contribution in [2.75, 3.05) is 18.4 Å². The molecule has 2 rings (SSSR count). The Morgan fingerprint density at radius 1 is 1.30 bits per heavy atom. The van der Waals surface area contributed by atoms with E-state index in [0.29, 0.717) is 19.5 Å². The molecule has 0 saturated carbocycles. The van der Waals surface area contributed by atoms with Crippen LogP contribution in [-0.4, -0.2) is 30.9 Å². The molecule has 1 atom stereocenters. The molecule has 0 spiro atoms. The van der Waals surface area contributed by atoms with Crippen LogP contribution < -0.4 is 16.0 Å². The lowest BCUT2D eigenvalue weighted by Gasteiger charge is -2.26. The molecular formula is C15H21N3O2. The minimum Gasteiger partial charge on any atom is -0.373 e. The highest BCUT2D eigenvalue weighted by atomic mass is 16.2. The average Bonchev–Trinajstić information content (AvgIpc) is 2.47. The number of rotatable bonds is 5. The third kappa shape index (κ3) is 3.73. The summed E-state index contributed by atoms with van der Waals surface area (Å²) in [6.07, 6.45) is 2.00. The molecule has 1 aromatic rings. The van der Waals surface area contributed by atoms with Crippen molar-refractivity contribution in [2.45, 2.75) is 32.2 Å². The van der Waals surface area contributed by atoms with Crippen LogP contribution in [0.5, 0.6) is 0 Å². The summed E-state index contributed by atoms with van der Waals surface area (Å²) < 4.78 is 0. The van der Waals surface area contributed by atoms with Crippen molar-refractivity contribution in [2.24, 2.45) is 0 Å². The van der Waals surface area contributed by atoms with E-state index in [2.05, 4.69) is 22.0 Å². The lowest BCUT2D eigenvalue weighted by Crippen LogP contribution is -2.42. The second-order valence-corrected chi connectivity index (χ2v) is 4.89. The molecule has 5 nitrogen and oxygen atoms in total. The number of carbonyl (C=O) groups is 2. The molecule has 20 heavy (non-hydrogen) atoms. The number of fused-ring (bicyclic) bond motifs is 1. The lowest BCUT2D eigenvalue weighted by atomic mass is 9.98. The Bertz CT molecular complexity index is 488. The van der Waals surface area contributed by atoms with Crippen molar-refractivity contribution in [3.05, 3.63) is 29.8 Å². The molecule has 108 valence electrons. The fourth-order valence-electron chi connectivity index (χ4n) is 2.34. The minimum atomic E-state index is -0.209. The van der Waals surface area contributed by atoms with Crippen LogP contribution in [0.25, 0.3) is 0 Å². The summed E-state index contributed by atoms with van der Waals surface area (Å²) in [6.45, 7) is 2.87. The van der Waals surface area contributed by atoms with E-state index in [1.165, 1.54) is 5.56 Å². The van der Waals surface area contributed by atoms with Gasteiger partial charge in [-0.1, -0.05) is 18.2 Å². The third-order valence-corrected chi connectivity index (χ3v) is 3.39. The van der Waals surface area contributed by atoms with Crippen molar-refractivity contribution in [3.63, 3.8) is 0 Å². The number of anilines is 1. The first-order valence-corrected chi connectivity index (χ1v) is 7.09. The topological polar surface area (TPSA) is 70.2 Å². The lowest BCUT2D eigenvalue weighted by molar-refractivity contribution is -0.122. The third-order valence-electron chi connectivity index (χ3n) is 3.39. The first-order chi connectivity index (χ1) is 9.70. The van der Waals surface area contributed by atoms with E-state index < -0.39 is 0 Å². The SMILES string of the molecule is CCNC(=O)CCNC(=O)C1CCc2ccccc2N1. The summed E-state index contributed by atoms with van der Waals surface area (Å²) in [4.78, 5) is 23.3. The van der Waals surface area contributed by atoms with Crippen LogP contribution >= 0.6 is 0 Å². The molecule has 0 aromatic heterocycles. The number of hydrogen-bond donors (Lipinski definition) is 3. The van der Waals surface area contributed by atoms with E-state index in [9.17, 15) is 9.59 Å². The van der Waals surface area contributed by atoms with E-state index in [-0.39, 0.29) is 17.9 Å². The molecule has 2 amide bonds. The Morgan fingerprint density at radius 2 is 2.10 bits per heavy atom. The second-order valence-electron chi connectivity index (χ2n) is 4.89. The van der Waals surface area contributed by atoms with Gasteiger partial charge in [-0.05, 0) is 31.4 Å². The van der Waals surface area contributed by atoms with Crippen molar-refractivity contribution in [1.82, 2.24) is 10.6 Å². The fraction of sp³-hybridized carbons (Fsp3) is 0.467. The van der Waals surface area contributed by atoms with Crippen LogP contribution in [0, 0.1) is 0 Å². The molecule has 1 heterocycles. The van der Waals surface area contributed by atoms with Gasteiger partial charge in [-0.25, -0.2) is 0 Å². The Balaban J connectivity index is 1.78. The summed E-state index contributed by atoms with van der Waals surface area (Å²) >= 11 is 0. The van der Waals surface area contributed by atoms with Crippen LogP contribution in [-0.2, 0) is 16.0 Å². The van der Waals surface area contributed by atoms with Gasteiger partial charge in [0, 0.05) is 25.2 Å². The van der Waals surface area contributed by atoms with Crippen LogP contribution in [0.2, 0.25) is 0 Å². The molecule has 0 bridgehead atoms. The van der Waals surface area contributed by atoms with Gasteiger partial charge in [0.15, 0.2) is 0 Å². The number of para-hydroxylation sites is 1. The van der Waals surface area contributed by atoms with Gasteiger partial charge in [0.1, 0.15) is 6.04 Å². The van der Waals surface area contributed by atoms with Crippen LogP contribution in [0.1, 0.15) is 25.3 Å². The van der Waals surface area contributed by atoms with E-state index in [4.69, 9.17) is 0 Å². The summed E-state index contributed by atoms with van der Waals surface area (Å²) in [6, 6.07) is 7.82. The summed E-state index contributed by atoms with van der Waals surface area (Å²) in [5, 5.41) is 8.76. The Labute approximate surface area is 119 Å². The molecule has 5 heteroatoms. The Morgan fingerprint density at radius 3 is 2.90 bits per heavy atom. The van der Waals surface area contributed by atoms with E-state index in [1.807, 2.05) is 25.1 Å². The molecule has 1 unspecified atom stereocenters. The molecule has 1 aromatic carbocycles. The normalized spacial score (nSPS) is 16.8. The summed E-state index contributed by atoms with van der Waals surface area (Å²) in [5.74, 6) is -0.0708. The molecule has 3 N–H and O–H groups in total. The molecule has 0 saturated heterocycles. The number of nitrogens with one attached hydrogen (secondary N) is 3. The quantitative estimate of drug-likeness (QED) is 0.752. The molecule has 0 fully saturated rings. The van der Waals surface area contributed by atoms with Gasteiger partial charge in [-0.3, -0.25) is 9.59 Å². The van der Waals surface area contributed by atoms with Crippen molar-refractivity contribution in [1.29, 1.82) is 0 Å². The fourth-order valence-corrected chi connectivity index (χ4v) is 2.34. The van der Waals surface area contributed by atoms with Gasteiger partial charge in [-0.15, -0.1) is 0 Å². The average molecular weight is 275 g/mol. The van der Waals surface area contributed by atoms with Gasteiger partial charge in [0.05, 0.1) is 0 Å². The van der Waals surface area contributed by atoms with Crippen molar-refractivity contribution in [3.8, 4) is 0 Å². The van der Waals surface area contributed by atoms with Crippen LogP contribution in [0.3, 0.4) is 0 Å². The zero-order chi connectivity index (χ0) is 14.4. The standard InChI is InChI=1S/C15H21N3O2/c1-2-16-14(19)9-10-17-15(20)13-8-7-11-5-3-4-6-12(11)18-13/h3-6,13,18H,2,7-10H2,1H3,(H,16,19)(H,17,20). The molecule has 1 aliphatic rings.